The fraction of sp³-hybridized carbons (Fsp3) is 0.0714. The molecule has 0 aliphatic heterocycles. The van der Waals surface area contributed by atoms with Gasteiger partial charge in [0.1, 0.15) is 11.4 Å². The zero-order valence-electron chi connectivity index (χ0n) is 11.5. The van der Waals surface area contributed by atoms with Gasteiger partial charge in [0.2, 0.25) is 5.91 Å². The fourth-order valence-electron chi connectivity index (χ4n) is 1.88. The molecular formula is C14H11Cl3N2O3S. The number of rotatable bonds is 5. The van der Waals surface area contributed by atoms with Gasteiger partial charge in [-0.25, -0.2) is 8.42 Å². The van der Waals surface area contributed by atoms with Crippen LogP contribution in [0.5, 0.6) is 0 Å². The van der Waals surface area contributed by atoms with Crippen molar-refractivity contribution < 1.29 is 13.2 Å². The summed E-state index contributed by atoms with van der Waals surface area (Å²) in [5, 5.41) is 0.480. The highest BCUT2D eigenvalue weighted by Gasteiger charge is 2.29. The first-order valence-electron chi connectivity index (χ1n) is 6.23. The quantitative estimate of drug-likeness (QED) is 0.846. The van der Waals surface area contributed by atoms with Crippen LogP contribution in [0.4, 0.5) is 5.69 Å². The van der Waals surface area contributed by atoms with Crippen molar-refractivity contribution in [3.63, 3.8) is 0 Å². The first kappa shape index (κ1) is 17.9. The molecule has 9 heteroatoms. The monoisotopic (exact) mass is 392 g/mol. The predicted octanol–water partition coefficient (Wildman–Crippen LogP) is 3.33. The number of halogens is 3. The Bertz CT molecular complexity index is 856. The van der Waals surface area contributed by atoms with Gasteiger partial charge >= 0.3 is 0 Å². The van der Waals surface area contributed by atoms with E-state index in [2.05, 4.69) is 0 Å². The van der Waals surface area contributed by atoms with Crippen LogP contribution in [0.3, 0.4) is 0 Å². The Kier molecular flexibility index (Phi) is 5.41. The number of nitrogens with two attached hydrogens (primary N) is 1. The van der Waals surface area contributed by atoms with Gasteiger partial charge in [-0.1, -0.05) is 40.9 Å². The normalized spacial score (nSPS) is 11.3. The second-order valence-corrected chi connectivity index (χ2v) is 7.64. The zero-order chi connectivity index (χ0) is 17.2. The third-order valence-corrected chi connectivity index (χ3v) is 5.58. The molecule has 0 bridgehead atoms. The number of hydrogen-bond donors (Lipinski definition) is 1. The molecule has 122 valence electrons. The van der Waals surface area contributed by atoms with E-state index in [1.54, 1.807) is 12.1 Å². The number of benzene rings is 2. The Morgan fingerprint density at radius 1 is 1.04 bits per heavy atom. The Morgan fingerprint density at radius 3 is 2.30 bits per heavy atom. The Morgan fingerprint density at radius 2 is 1.70 bits per heavy atom. The summed E-state index contributed by atoms with van der Waals surface area (Å²) in [6, 6.07) is 10.0. The lowest BCUT2D eigenvalue weighted by molar-refractivity contribution is -0.116. The lowest BCUT2D eigenvalue weighted by Gasteiger charge is -2.24. The van der Waals surface area contributed by atoms with Gasteiger partial charge in [-0.05, 0) is 36.4 Å². The molecule has 0 fully saturated rings. The average Bonchev–Trinajstić information content (AvgIpc) is 2.47. The van der Waals surface area contributed by atoms with Crippen LogP contribution in [-0.2, 0) is 14.8 Å². The number of sulfonamides is 1. The van der Waals surface area contributed by atoms with E-state index >= 15 is 0 Å². The lowest BCUT2D eigenvalue weighted by atomic mass is 10.3. The first-order valence-corrected chi connectivity index (χ1v) is 8.81. The maximum absolute atomic E-state index is 12.9. The number of nitrogens with zero attached hydrogens (tertiary/aromatic N) is 1. The highest BCUT2D eigenvalue weighted by molar-refractivity contribution is 7.93. The number of hydrogen-bond acceptors (Lipinski definition) is 3. The summed E-state index contributed by atoms with van der Waals surface area (Å²) in [7, 11) is -4.16. The van der Waals surface area contributed by atoms with Crippen molar-refractivity contribution in [2.45, 2.75) is 4.90 Å². The second kappa shape index (κ2) is 6.97. The van der Waals surface area contributed by atoms with Gasteiger partial charge in [-0.3, -0.25) is 9.10 Å². The maximum atomic E-state index is 12.9. The van der Waals surface area contributed by atoms with Gasteiger partial charge in [0.25, 0.3) is 10.0 Å². The molecule has 0 atom stereocenters. The fourth-order valence-corrected chi connectivity index (χ4v) is 4.23. The molecule has 0 aliphatic rings. The van der Waals surface area contributed by atoms with Crippen LogP contribution in [0.1, 0.15) is 0 Å². The summed E-state index contributed by atoms with van der Waals surface area (Å²) >= 11 is 17.7. The van der Waals surface area contributed by atoms with E-state index in [9.17, 15) is 13.2 Å². The van der Waals surface area contributed by atoms with E-state index in [1.807, 2.05) is 0 Å². The molecule has 0 radical (unpaired) electrons. The molecule has 1 amide bonds. The summed E-state index contributed by atoms with van der Waals surface area (Å²) in [5.41, 5.74) is 5.36. The SMILES string of the molecule is NC(=O)CN(c1cccc(Cl)c1)S(=O)(=O)c1cc(Cl)ccc1Cl. The van der Waals surface area contributed by atoms with Crippen molar-refractivity contribution >= 4 is 56.4 Å². The molecule has 0 saturated heterocycles. The minimum atomic E-state index is -4.16. The smallest absolute Gasteiger partial charge is 0.266 e. The highest BCUT2D eigenvalue weighted by Crippen LogP contribution is 2.31. The van der Waals surface area contributed by atoms with Gasteiger partial charge in [0, 0.05) is 10.0 Å². The zero-order valence-corrected chi connectivity index (χ0v) is 14.6. The molecule has 0 aliphatic carbocycles. The summed E-state index contributed by atoms with van der Waals surface area (Å²) in [4.78, 5) is 11.1. The molecule has 2 aromatic carbocycles. The lowest BCUT2D eigenvalue weighted by Crippen LogP contribution is -2.38. The molecular weight excluding hydrogens is 383 g/mol. The molecule has 2 N–H and O–H groups in total. The van der Waals surface area contributed by atoms with Crippen LogP contribution in [0, 0.1) is 0 Å². The van der Waals surface area contributed by atoms with E-state index < -0.39 is 22.5 Å². The van der Waals surface area contributed by atoms with E-state index in [1.165, 1.54) is 30.3 Å². The van der Waals surface area contributed by atoms with Crippen molar-refractivity contribution in [3.05, 3.63) is 57.5 Å². The van der Waals surface area contributed by atoms with E-state index in [4.69, 9.17) is 40.5 Å². The number of amides is 1. The number of carbonyl (C=O) groups excluding carboxylic acids is 1. The standard InChI is InChI=1S/C14H11Cl3N2O3S/c15-9-2-1-3-11(6-9)19(8-14(18)20)23(21,22)13-7-10(16)4-5-12(13)17/h1-7H,8H2,(H2,18,20). The highest BCUT2D eigenvalue weighted by atomic mass is 35.5. The average molecular weight is 394 g/mol. The largest absolute Gasteiger partial charge is 0.368 e. The minimum absolute atomic E-state index is 0.0223. The summed E-state index contributed by atoms with van der Waals surface area (Å²) < 4.78 is 26.6. The number of carbonyl (C=O) groups is 1. The Hall–Kier alpha value is -1.47. The molecule has 0 spiro atoms. The van der Waals surface area contributed by atoms with Crippen molar-refractivity contribution in [1.82, 2.24) is 0 Å². The van der Waals surface area contributed by atoms with Crippen LogP contribution in [0.25, 0.3) is 0 Å². The van der Waals surface area contributed by atoms with Gasteiger partial charge in [-0.2, -0.15) is 0 Å². The van der Waals surface area contributed by atoms with E-state index in [-0.39, 0.29) is 20.6 Å². The topological polar surface area (TPSA) is 80.5 Å². The van der Waals surface area contributed by atoms with Gasteiger partial charge in [-0.15, -0.1) is 0 Å². The van der Waals surface area contributed by atoms with Gasteiger partial charge < -0.3 is 5.73 Å². The van der Waals surface area contributed by atoms with Crippen LogP contribution in [-0.4, -0.2) is 20.9 Å². The van der Waals surface area contributed by atoms with E-state index in [0.29, 0.717) is 5.02 Å². The van der Waals surface area contributed by atoms with Crippen molar-refractivity contribution in [1.29, 1.82) is 0 Å². The molecule has 0 aromatic heterocycles. The van der Waals surface area contributed by atoms with Crippen LogP contribution in [0.15, 0.2) is 47.4 Å². The Labute approximate surface area is 148 Å². The molecule has 0 heterocycles. The molecule has 2 rings (SSSR count). The summed E-state index contributed by atoms with van der Waals surface area (Å²) in [6.45, 7) is -0.564. The van der Waals surface area contributed by atoms with E-state index in [0.717, 1.165) is 4.31 Å². The summed E-state index contributed by atoms with van der Waals surface area (Å²) in [6.07, 6.45) is 0. The third-order valence-electron chi connectivity index (χ3n) is 2.86. The van der Waals surface area contributed by atoms with Crippen LogP contribution in [0.2, 0.25) is 15.1 Å². The number of anilines is 1. The van der Waals surface area contributed by atoms with Crippen LogP contribution >= 0.6 is 34.8 Å². The minimum Gasteiger partial charge on any atom is -0.368 e. The Balaban J connectivity index is 2.62. The molecule has 5 nitrogen and oxygen atoms in total. The van der Waals surface area contributed by atoms with Crippen LogP contribution < -0.4 is 10.0 Å². The first-order chi connectivity index (χ1) is 10.7. The maximum Gasteiger partial charge on any atom is 0.266 e. The van der Waals surface area contributed by atoms with Crippen molar-refractivity contribution in [2.75, 3.05) is 10.8 Å². The summed E-state index contributed by atoms with van der Waals surface area (Å²) in [5.74, 6) is -0.827. The van der Waals surface area contributed by atoms with Gasteiger partial charge in [0.05, 0.1) is 10.7 Å². The second-order valence-electron chi connectivity index (χ2n) is 4.53. The van der Waals surface area contributed by atoms with Gasteiger partial charge in [0.15, 0.2) is 0 Å². The molecule has 0 unspecified atom stereocenters. The predicted molar refractivity (Wildman–Crippen MR) is 91.6 cm³/mol. The molecule has 2 aromatic rings. The molecule has 23 heavy (non-hydrogen) atoms. The third kappa shape index (κ3) is 4.09. The van der Waals surface area contributed by atoms with Crippen molar-refractivity contribution in [3.8, 4) is 0 Å². The number of primary amides is 1. The van der Waals surface area contributed by atoms with Crippen molar-refractivity contribution in [2.24, 2.45) is 5.73 Å². The molecule has 0 saturated carbocycles.